The number of nitrogens with zero attached hydrogens (tertiary/aromatic N) is 3. The monoisotopic (exact) mass is 343 g/mol. The lowest BCUT2D eigenvalue weighted by molar-refractivity contribution is 0.0581. The number of hydrogen-bond acceptors (Lipinski definition) is 5. The van der Waals surface area contributed by atoms with Crippen LogP contribution >= 0.6 is 12.4 Å². The summed E-state index contributed by atoms with van der Waals surface area (Å²) >= 11 is 0. The molecule has 1 saturated heterocycles. The lowest BCUT2D eigenvalue weighted by Gasteiger charge is -2.22. The number of aromatic nitrogens is 3. The maximum absolute atomic E-state index is 12.0. The molecule has 0 bridgehead atoms. The first-order valence-corrected chi connectivity index (χ1v) is 8.35. The van der Waals surface area contributed by atoms with Crippen molar-refractivity contribution in [3.05, 3.63) is 11.9 Å². The minimum Gasteiger partial charge on any atom is -0.376 e. The molecule has 7 nitrogen and oxygen atoms in total. The van der Waals surface area contributed by atoms with Crippen LogP contribution in [-0.2, 0) is 4.74 Å². The van der Waals surface area contributed by atoms with Crippen LogP contribution in [0.3, 0.4) is 0 Å². The molecule has 1 amide bonds. The largest absolute Gasteiger partial charge is 0.376 e. The fourth-order valence-corrected chi connectivity index (χ4v) is 3.17. The van der Waals surface area contributed by atoms with E-state index in [1.165, 1.54) is 12.8 Å². The summed E-state index contributed by atoms with van der Waals surface area (Å²) in [5, 5.41) is 14.2. The van der Waals surface area contributed by atoms with Crippen molar-refractivity contribution in [2.75, 3.05) is 26.2 Å². The highest BCUT2D eigenvalue weighted by Gasteiger charge is 2.19. The smallest absolute Gasteiger partial charge is 0.273 e. The Bertz CT molecular complexity index is 484. The van der Waals surface area contributed by atoms with Gasteiger partial charge in [0.2, 0.25) is 0 Å². The third kappa shape index (κ3) is 5.16. The number of carbonyl (C=O) groups is 1. The average molecular weight is 344 g/mol. The third-order valence-electron chi connectivity index (χ3n) is 4.47. The zero-order chi connectivity index (χ0) is 15.2. The van der Waals surface area contributed by atoms with Gasteiger partial charge in [-0.05, 0) is 38.8 Å². The first kappa shape index (κ1) is 18.2. The number of amides is 1. The Hall–Kier alpha value is -1.18. The van der Waals surface area contributed by atoms with Gasteiger partial charge in [-0.1, -0.05) is 18.1 Å². The number of rotatable bonds is 6. The zero-order valence-corrected chi connectivity index (χ0v) is 14.2. The molecule has 2 fully saturated rings. The molecule has 2 heterocycles. The number of piperidine rings is 1. The molecule has 0 atom stereocenters. The molecule has 8 heteroatoms. The molecule has 1 aliphatic heterocycles. The van der Waals surface area contributed by atoms with Gasteiger partial charge >= 0.3 is 0 Å². The van der Waals surface area contributed by atoms with Gasteiger partial charge in [0.15, 0.2) is 5.69 Å². The van der Waals surface area contributed by atoms with Crippen LogP contribution in [0.4, 0.5) is 0 Å². The first-order valence-electron chi connectivity index (χ1n) is 8.35. The van der Waals surface area contributed by atoms with Crippen LogP contribution in [0.1, 0.15) is 55.1 Å². The van der Waals surface area contributed by atoms with Gasteiger partial charge in [0.25, 0.3) is 5.91 Å². The number of carbonyl (C=O) groups excluding carboxylic acids is 1. The molecule has 1 aliphatic carbocycles. The summed E-state index contributed by atoms with van der Waals surface area (Å²) in [5.41, 5.74) is 0.388. The van der Waals surface area contributed by atoms with Gasteiger partial charge < -0.3 is 15.4 Å². The standard InChI is InChI=1S/C15H25N5O2.ClH/c21-15(17-9-10-22-13-3-1-2-4-13)14-11-20(19-18-14)12-5-7-16-8-6-12;/h11-13,16H,1-10H2,(H,17,21);1H. The number of hydrogen-bond donors (Lipinski definition) is 2. The maximum Gasteiger partial charge on any atom is 0.273 e. The minimum absolute atomic E-state index is 0. The maximum atomic E-state index is 12.0. The quantitative estimate of drug-likeness (QED) is 0.761. The summed E-state index contributed by atoms with van der Waals surface area (Å²) in [7, 11) is 0. The second kappa shape index (κ2) is 9.20. The Balaban J connectivity index is 0.00000192. The van der Waals surface area contributed by atoms with Crippen LogP contribution in [0.2, 0.25) is 0 Å². The second-order valence-electron chi connectivity index (χ2n) is 6.10. The average Bonchev–Trinajstić information content (AvgIpc) is 3.24. The normalized spacial score (nSPS) is 19.5. The van der Waals surface area contributed by atoms with E-state index in [2.05, 4.69) is 20.9 Å². The molecule has 0 spiro atoms. The van der Waals surface area contributed by atoms with E-state index in [1.807, 2.05) is 4.68 Å². The molecule has 2 aliphatic rings. The van der Waals surface area contributed by atoms with Crippen molar-refractivity contribution < 1.29 is 9.53 Å². The van der Waals surface area contributed by atoms with Gasteiger partial charge in [0.05, 0.1) is 24.9 Å². The van der Waals surface area contributed by atoms with Gasteiger partial charge in [-0.3, -0.25) is 4.79 Å². The van der Waals surface area contributed by atoms with Crippen molar-refractivity contribution in [3.63, 3.8) is 0 Å². The van der Waals surface area contributed by atoms with Gasteiger partial charge in [0, 0.05) is 6.54 Å². The summed E-state index contributed by atoms with van der Waals surface area (Å²) in [6.07, 6.45) is 9.02. The van der Waals surface area contributed by atoms with Gasteiger partial charge in [-0.15, -0.1) is 17.5 Å². The van der Waals surface area contributed by atoms with E-state index in [0.717, 1.165) is 38.8 Å². The first-order chi connectivity index (χ1) is 10.8. The lowest BCUT2D eigenvalue weighted by Crippen LogP contribution is -2.30. The fourth-order valence-electron chi connectivity index (χ4n) is 3.17. The molecule has 130 valence electrons. The Morgan fingerprint density at radius 2 is 2.04 bits per heavy atom. The van der Waals surface area contributed by atoms with Crippen LogP contribution in [-0.4, -0.2) is 53.2 Å². The van der Waals surface area contributed by atoms with Crippen LogP contribution in [0.15, 0.2) is 6.20 Å². The molecule has 1 saturated carbocycles. The van der Waals surface area contributed by atoms with Gasteiger partial charge in [0.1, 0.15) is 0 Å². The highest BCUT2D eigenvalue weighted by molar-refractivity contribution is 5.91. The predicted molar refractivity (Wildman–Crippen MR) is 89.0 cm³/mol. The number of halogens is 1. The van der Waals surface area contributed by atoms with E-state index in [-0.39, 0.29) is 18.3 Å². The highest BCUT2D eigenvalue weighted by Crippen LogP contribution is 2.20. The topological polar surface area (TPSA) is 81.1 Å². The molecule has 0 unspecified atom stereocenters. The number of nitrogens with one attached hydrogen (secondary N) is 2. The summed E-state index contributed by atoms with van der Waals surface area (Å²) in [6.45, 7) is 3.07. The molecule has 1 aromatic heterocycles. The molecule has 2 N–H and O–H groups in total. The Labute approximate surface area is 142 Å². The predicted octanol–water partition coefficient (Wildman–Crippen LogP) is 1.31. The molecule has 3 rings (SSSR count). The molecule has 23 heavy (non-hydrogen) atoms. The Morgan fingerprint density at radius 1 is 1.30 bits per heavy atom. The second-order valence-corrected chi connectivity index (χ2v) is 6.10. The lowest BCUT2D eigenvalue weighted by atomic mass is 10.1. The summed E-state index contributed by atoms with van der Waals surface area (Å²) < 4.78 is 7.55. The van der Waals surface area contributed by atoms with Crippen LogP contribution in [0.5, 0.6) is 0 Å². The summed E-state index contributed by atoms with van der Waals surface area (Å²) in [5.74, 6) is -0.171. The van der Waals surface area contributed by atoms with E-state index in [1.54, 1.807) is 6.20 Å². The number of ether oxygens (including phenoxy) is 1. The third-order valence-corrected chi connectivity index (χ3v) is 4.47. The van der Waals surface area contributed by atoms with E-state index in [0.29, 0.717) is 31.0 Å². The van der Waals surface area contributed by atoms with E-state index in [4.69, 9.17) is 4.74 Å². The summed E-state index contributed by atoms with van der Waals surface area (Å²) in [6, 6.07) is 0.348. The SMILES string of the molecule is Cl.O=C(NCCOC1CCCC1)c1cn(C2CCNCC2)nn1. The van der Waals surface area contributed by atoms with Crippen LogP contribution in [0.25, 0.3) is 0 Å². The van der Waals surface area contributed by atoms with Crippen LogP contribution < -0.4 is 10.6 Å². The van der Waals surface area contributed by atoms with E-state index in [9.17, 15) is 4.79 Å². The molecule has 0 radical (unpaired) electrons. The molecule has 1 aromatic rings. The van der Waals surface area contributed by atoms with Crippen molar-refractivity contribution in [1.29, 1.82) is 0 Å². The Morgan fingerprint density at radius 3 is 2.78 bits per heavy atom. The zero-order valence-electron chi connectivity index (χ0n) is 13.4. The molecular formula is C15H26ClN5O2. The molecular weight excluding hydrogens is 318 g/mol. The van der Waals surface area contributed by atoms with Crippen molar-refractivity contribution in [2.24, 2.45) is 0 Å². The van der Waals surface area contributed by atoms with Gasteiger partial charge in [-0.25, -0.2) is 4.68 Å². The highest BCUT2D eigenvalue weighted by atomic mass is 35.5. The molecule has 0 aromatic carbocycles. The van der Waals surface area contributed by atoms with E-state index < -0.39 is 0 Å². The van der Waals surface area contributed by atoms with Gasteiger partial charge in [-0.2, -0.15) is 0 Å². The van der Waals surface area contributed by atoms with Crippen molar-refractivity contribution in [3.8, 4) is 0 Å². The van der Waals surface area contributed by atoms with Crippen molar-refractivity contribution >= 4 is 18.3 Å². The Kier molecular flexibility index (Phi) is 7.26. The fraction of sp³-hybridized carbons (Fsp3) is 0.800. The van der Waals surface area contributed by atoms with Crippen molar-refractivity contribution in [2.45, 2.75) is 50.7 Å². The minimum atomic E-state index is -0.171. The van der Waals surface area contributed by atoms with Crippen molar-refractivity contribution in [1.82, 2.24) is 25.6 Å². The summed E-state index contributed by atoms with van der Waals surface area (Å²) in [4.78, 5) is 12.0. The van der Waals surface area contributed by atoms with E-state index >= 15 is 0 Å². The van der Waals surface area contributed by atoms with Crippen LogP contribution in [0, 0.1) is 0 Å².